The Morgan fingerprint density at radius 3 is 2.78 bits per heavy atom. The molecule has 3 rings (SSSR count). The minimum Gasteiger partial charge on any atom is -0.377 e. The summed E-state index contributed by atoms with van der Waals surface area (Å²) in [6.45, 7) is 9.24. The summed E-state index contributed by atoms with van der Waals surface area (Å²) < 4.78 is 5.91. The molecule has 2 saturated heterocycles. The van der Waals surface area contributed by atoms with Crippen molar-refractivity contribution in [2.24, 2.45) is 5.92 Å². The number of piperazine rings is 1. The van der Waals surface area contributed by atoms with E-state index in [4.69, 9.17) is 4.74 Å². The van der Waals surface area contributed by atoms with Gasteiger partial charge in [0, 0.05) is 37.8 Å². The zero-order valence-electron chi connectivity index (χ0n) is 12.0. The Balaban J connectivity index is 1.58. The average molecular weight is 252 g/mol. The van der Waals surface area contributed by atoms with Gasteiger partial charge in [0.05, 0.1) is 6.10 Å². The quantitative estimate of drug-likeness (QED) is 0.831. The molecule has 3 nitrogen and oxygen atoms in total. The number of ether oxygens (including phenoxy) is 1. The number of nitrogens with one attached hydrogen (secondary N) is 1. The van der Waals surface area contributed by atoms with Gasteiger partial charge in [-0.25, -0.2) is 0 Å². The van der Waals surface area contributed by atoms with Crippen LogP contribution in [-0.4, -0.2) is 48.8 Å². The van der Waals surface area contributed by atoms with Crippen LogP contribution in [0.5, 0.6) is 0 Å². The summed E-state index contributed by atoms with van der Waals surface area (Å²) in [6.07, 6.45) is 7.20. The lowest BCUT2D eigenvalue weighted by atomic mass is 9.91. The topological polar surface area (TPSA) is 24.5 Å². The molecule has 104 valence electrons. The van der Waals surface area contributed by atoms with E-state index in [9.17, 15) is 0 Å². The molecular weight excluding hydrogens is 224 g/mol. The fourth-order valence-corrected chi connectivity index (χ4v) is 3.59. The molecular formula is C15H28N2O. The Morgan fingerprint density at radius 1 is 1.28 bits per heavy atom. The Hall–Kier alpha value is -0.120. The Labute approximate surface area is 111 Å². The summed E-state index contributed by atoms with van der Waals surface area (Å²) in [5.41, 5.74) is 0.362. The highest BCUT2D eigenvalue weighted by Crippen LogP contribution is 2.41. The first-order valence-electron chi connectivity index (χ1n) is 7.78. The van der Waals surface area contributed by atoms with E-state index in [1.807, 2.05) is 0 Å². The molecule has 3 aliphatic rings. The summed E-state index contributed by atoms with van der Waals surface area (Å²) in [6, 6.07) is 0.655. The Bertz CT molecular complexity index is 286. The van der Waals surface area contributed by atoms with Gasteiger partial charge < -0.3 is 10.1 Å². The van der Waals surface area contributed by atoms with E-state index in [0.717, 1.165) is 25.6 Å². The van der Waals surface area contributed by atoms with E-state index in [0.29, 0.717) is 17.7 Å². The SMILES string of the molecule is CC1CNC(C)(C2CC2)CN1CC1CCCCO1. The van der Waals surface area contributed by atoms with Gasteiger partial charge in [-0.3, -0.25) is 4.90 Å². The predicted molar refractivity (Wildman–Crippen MR) is 73.8 cm³/mol. The van der Waals surface area contributed by atoms with Gasteiger partial charge in [0.2, 0.25) is 0 Å². The lowest BCUT2D eigenvalue weighted by molar-refractivity contribution is -0.0278. The molecule has 0 aromatic heterocycles. The highest BCUT2D eigenvalue weighted by molar-refractivity contribution is 5.03. The van der Waals surface area contributed by atoms with Crippen LogP contribution in [0.2, 0.25) is 0 Å². The third-order valence-electron chi connectivity index (χ3n) is 5.15. The van der Waals surface area contributed by atoms with Crippen LogP contribution in [0.3, 0.4) is 0 Å². The van der Waals surface area contributed by atoms with Crippen molar-refractivity contribution in [3.05, 3.63) is 0 Å². The summed E-state index contributed by atoms with van der Waals surface area (Å²) in [5.74, 6) is 0.916. The first-order valence-corrected chi connectivity index (χ1v) is 7.78. The zero-order chi connectivity index (χ0) is 12.6. The predicted octanol–water partition coefficient (Wildman–Crippen LogP) is 2.02. The van der Waals surface area contributed by atoms with Gasteiger partial charge in [-0.2, -0.15) is 0 Å². The van der Waals surface area contributed by atoms with Crippen LogP contribution in [0.1, 0.15) is 46.0 Å². The van der Waals surface area contributed by atoms with Gasteiger partial charge in [-0.05, 0) is 51.9 Å². The molecule has 3 heteroatoms. The zero-order valence-corrected chi connectivity index (χ0v) is 12.0. The molecule has 3 atom stereocenters. The minimum atomic E-state index is 0.362. The molecule has 1 saturated carbocycles. The Kier molecular flexibility index (Phi) is 3.65. The number of rotatable bonds is 3. The van der Waals surface area contributed by atoms with Crippen molar-refractivity contribution in [3.63, 3.8) is 0 Å². The number of hydrogen-bond acceptors (Lipinski definition) is 3. The summed E-state index contributed by atoms with van der Waals surface area (Å²) in [5, 5.41) is 3.79. The fourth-order valence-electron chi connectivity index (χ4n) is 3.59. The van der Waals surface area contributed by atoms with Gasteiger partial charge in [-0.15, -0.1) is 0 Å². The highest BCUT2D eigenvalue weighted by Gasteiger charge is 2.45. The maximum Gasteiger partial charge on any atom is 0.0702 e. The third-order valence-corrected chi connectivity index (χ3v) is 5.15. The summed E-state index contributed by atoms with van der Waals surface area (Å²) >= 11 is 0. The monoisotopic (exact) mass is 252 g/mol. The van der Waals surface area contributed by atoms with Gasteiger partial charge in [-0.1, -0.05) is 0 Å². The normalized spacial score (nSPS) is 43.0. The second-order valence-corrected chi connectivity index (χ2v) is 6.84. The Morgan fingerprint density at radius 2 is 2.11 bits per heavy atom. The molecule has 0 aromatic carbocycles. The van der Waals surface area contributed by atoms with Crippen molar-refractivity contribution in [2.75, 3.05) is 26.2 Å². The standard InChI is InChI=1S/C15H28N2O/c1-12-9-16-15(2,13-6-7-13)11-17(12)10-14-5-3-4-8-18-14/h12-14,16H,3-11H2,1-2H3. The summed E-state index contributed by atoms with van der Waals surface area (Å²) in [4.78, 5) is 2.67. The highest BCUT2D eigenvalue weighted by atomic mass is 16.5. The maximum atomic E-state index is 5.91. The molecule has 1 aliphatic carbocycles. The molecule has 18 heavy (non-hydrogen) atoms. The van der Waals surface area contributed by atoms with Crippen molar-refractivity contribution in [1.82, 2.24) is 10.2 Å². The molecule has 1 N–H and O–H groups in total. The van der Waals surface area contributed by atoms with Gasteiger partial charge in [0.25, 0.3) is 0 Å². The van der Waals surface area contributed by atoms with Crippen molar-refractivity contribution in [2.45, 2.75) is 63.6 Å². The van der Waals surface area contributed by atoms with Gasteiger partial charge in [0.1, 0.15) is 0 Å². The van der Waals surface area contributed by atoms with Crippen LogP contribution in [0, 0.1) is 5.92 Å². The lowest BCUT2D eigenvalue weighted by Gasteiger charge is -2.47. The van der Waals surface area contributed by atoms with E-state index in [-0.39, 0.29) is 0 Å². The molecule has 0 spiro atoms. The van der Waals surface area contributed by atoms with Crippen LogP contribution in [0.4, 0.5) is 0 Å². The molecule has 2 heterocycles. The van der Waals surface area contributed by atoms with E-state index in [1.54, 1.807) is 0 Å². The largest absolute Gasteiger partial charge is 0.377 e. The third kappa shape index (κ3) is 2.73. The smallest absolute Gasteiger partial charge is 0.0702 e. The number of hydrogen-bond donors (Lipinski definition) is 1. The van der Waals surface area contributed by atoms with Crippen LogP contribution >= 0.6 is 0 Å². The van der Waals surface area contributed by atoms with Crippen molar-refractivity contribution in [1.29, 1.82) is 0 Å². The first kappa shape index (κ1) is 12.9. The second-order valence-electron chi connectivity index (χ2n) is 6.84. The van der Waals surface area contributed by atoms with Crippen LogP contribution in [0.15, 0.2) is 0 Å². The molecule has 0 radical (unpaired) electrons. The summed E-state index contributed by atoms with van der Waals surface area (Å²) in [7, 11) is 0. The van der Waals surface area contributed by atoms with E-state index in [2.05, 4.69) is 24.1 Å². The molecule has 0 bridgehead atoms. The number of nitrogens with zero attached hydrogens (tertiary/aromatic N) is 1. The molecule has 0 amide bonds. The molecule has 0 aromatic rings. The molecule has 2 aliphatic heterocycles. The molecule has 3 fully saturated rings. The second kappa shape index (κ2) is 5.10. The maximum absolute atomic E-state index is 5.91. The van der Waals surface area contributed by atoms with Crippen LogP contribution < -0.4 is 5.32 Å². The van der Waals surface area contributed by atoms with Crippen molar-refractivity contribution >= 4 is 0 Å². The van der Waals surface area contributed by atoms with Crippen LogP contribution in [-0.2, 0) is 4.74 Å². The molecule has 3 unspecified atom stereocenters. The van der Waals surface area contributed by atoms with E-state index >= 15 is 0 Å². The average Bonchev–Trinajstić information content (AvgIpc) is 3.20. The fraction of sp³-hybridized carbons (Fsp3) is 1.00. The van der Waals surface area contributed by atoms with Gasteiger partial charge in [0.15, 0.2) is 0 Å². The first-order chi connectivity index (χ1) is 8.67. The van der Waals surface area contributed by atoms with Crippen molar-refractivity contribution in [3.8, 4) is 0 Å². The van der Waals surface area contributed by atoms with E-state index in [1.165, 1.54) is 38.6 Å². The van der Waals surface area contributed by atoms with E-state index < -0.39 is 0 Å². The van der Waals surface area contributed by atoms with Crippen LogP contribution in [0.25, 0.3) is 0 Å². The van der Waals surface area contributed by atoms with Crippen molar-refractivity contribution < 1.29 is 4.74 Å². The minimum absolute atomic E-state index is 0.362. The lowest BCUT2D eigenvalue weighted by Crippen LogP contribution is -2.64. The van der Waals surface area contributed by atoms with Gasteiger partial charge >= 0.3 is 0 Å².